The Kier molecular flexibility index (Phi) is 3.54. The van der Waals surface area contributed by atoms with E-state index in [0.29, 0.717) is 21.5 Å². The molecule has 0 fully saturated rings. The number of nitrogens with one attached hydrogen (secondary N) is 2. The number of phenols is 1. The topological polar surface area (TPSA) is 98.7 Å². The molecule has 1 aliphatic rings. The zero-order valence-electron chi connectivity index (χ0n) is 13.4. The monoisotopic (exact) mass is 347 g/mol. The number of rotatable bonds is 2. The number of carbonyl (C=O) groups is 3. The van der Waals surface area contributed by atoms with Crippen molar-refractivity contribution in [2.45, 2.75) is 0 Å². The summed E-state index contributed by atoms with van der Waals surface area (Å²) in [4.78, 5) is 37.4. The van der Waals surface area contributed by atoms with Crippen LogP contribution in [0.1, 0.15) is 20.7 Å². The number of anilines is 1. The maximum atomic E-state index is 12.7. The Balaban J connectivity index is 1.65. The lowest BCUT2D eigenvalue weighted by atomic mass is 9.99. The molecule has 3 aromatic rings. The highest BCUT2D eigenvalue weighted by atomic mass is 16.3. The van der Waals surface area contributed by atoms with Crippen LogP contribution in [0.15, 0.2) is 60.7 Å². The van der Waals surface area contributed by atoms with E-state index in [4.69, 9.17) is 0 Å². The molecule has 0 aromatic heterocycles. The van der Waals surface area contributed by atoms with E-state index in [-0.39, 0.29) is 16.9 Å². The fourth-order valence-corrected chi connectivity index (χ4v) is 2.96. The van der Waals surface area contributed by atoms with Crippen LogP contribution in [0, 0.1) is 0 Å². The average molecular weight is 347 g/mol. The number of phenolic OH excluding ortho intramolecular Hbond substituents is 1. The molecule has 0 bridgehead atoms. The number of para-hydroxylation sites is 1. The summed E-state index contributed by atoms with van der Waals surface area (Å²) in [6.07, 6.45) is 0. The molecule has 0 radical (unpaired) electrons. The number of benzene rings is 3. The van der Waals surface area contributed by atoms with Gasteiger partial charge in [-0.3, -0.25) is 9.59 Å². The molecule has 1 aliphatic heterocycles. The molecule has 128 valence electrons. The van der Waals surface area contributed by atoms with E-state index in [2.05, 4.69) is 10.7 Å². The van der Waals surface area contributed by atoms with E-state index in [9.17, 15) is 19.5 Å². The maximum Gasteiger partial charge on any atom is 0.338 e. The van der Waals surface area contributed by atoms with Gasteiger partial charge in [-0.25, -0.2) is 10.2 Å². The number of carbonyl (C=O) groups excluding carboxylic acids is 3. The number of imide groups is 1. The molecular weight excluding hydrogens is 334 g/mol. The van der Waals surface area contributed by atoms with Crippen molar-refractivity contribution in [1.29, 1.82) is 0 Å². The van der Waals surface area contributed by atoms with Gasteiger partial charge < -0.3 is 10.4 Å². The smallest absolute Gasteiger partial charge is 0.338 e. The highest BCUT2D eigenvalue weighted by molar-refractivity contribution is 6.27. The summed E-state index contributed by atoms with van der Waals surface area (Å²) in [7, 11) is 0. The van der Waals surface area contributed by atoms with Crippen molar-refractivity contribution in [3.05, 3.63) is 71.8 Å². The van der Waals surface area contributed by atoms with E-state index in [1.807, 2.05) is 0 Å². The second kappa shape index (κ2) is 5.89. The third kappa shape index (κ3) is 2.42. The molecule has 26 heavy (non-hydrogen) atoms. The molecule has 4 rings (SSSR count). The summed E-state index contributed by atoms with van der Waals surface area (Å²) in [5, 5.41) is 14.2. The van der Waals surface area contributed by atoms with Crippen LogP contribution >= 0.6 is 0 Å². The van der Waals surface area contributed by atoms with E-state index in [1.54, 1.807) is 54.6 Å². The van der Waals surface area contributed by atoms with Crippen LogP contribution in [0.5, 0.6) is 5.75 Å². The highest BCUT2D eigenvalue weighted by Crippen LogP contribution is 2.35. The Morgan fingerprint density at radius 3 is 2.27 bits per heavy atom. The van der Waals surface area contributed by atoms with Crippen LogP contribution in [0.3, 0.4) is 0 Å². The Hall–Kier alpha value is -3.87. The molecule has 1 heterocycles. The number of urea groups is 1. The minimum absolute atomic E-state index is 0.0474. The first-order valence-electron chi connectivity index (χ1n) is 7.82. The molecule has 7 nitrogen and oxygen atoms in total. The minimum atomic E-state index is -0.723. The summed E-state index contributed by atoms with van der Waals surface area (Å²) in [6.45, 7) is 0. The number of amides is 4. The Labute approximate surface area is 147 Å². The van der Waals surface area contributed by atoms with Gasteiger partial charge in [-0.05, 0) is 23.6 Å². The van der Waals surface area contributed by atoms with Gasteiger partial charge in [-0.2, -0.15) is 5.01 Å². The first-order chi connectivity index (χ1) is 12.6. The number of hydrazine groups is 1. The molecule has 0 spiro atoms. The van der Waals surface area contributed by atoms with E-state index in [0.717, 1.165) is 0 Å². The van der Waals surface area contributed by atoms with E-state index >= 15 is 0 Å². The summed E-state index contributed by atoms with van der Waals surface area (Å²) in [6, 6.07) is 15.9. The molecular formula is C19H13N3O4. The normalized spacial score (nSPS) is 13.0. The van der Waals surface area contributed by atoms with Crippen molar-refractivity contribution < 1.29 is 19.5 Å². The predicted molar refractivity (Wildman–Crippen MR) is 94.7 cm³/mol. The van der Waals surface area contributed by atoms with Crippen LogP contribution in [0.4, 0.5) is 10.5 Å². The van der Waals surface area contributed by atoms with Crippen molar-refractivity contribution in [1.82, 2.24) is 10.4 Å². The SMILES string of the molecule is O=C(Nc1ccccc1)NN1C(=O)c2cc(O)c3ccccc3c2C1=O. The summed E-state index contributed by atoms with van der Waals surface area (Å²) < 4.78 is 0. The number of hydrogen-bond donors (Lipinski definition) is 3. The van der Waals surface area contributed by atoms with Gasteiger partial charge in [0.15, 0.2) is 0 Å². The summed E-state index contributed by atoms with van der Waals surface area (Å²) in [5.74, 6) is -1.45. The predicted octanol–water partition coefficient (Wildman–Crippen LogP) is 2.88. The van der Waals surface area contributed by atoms with Crippen molar-refractivity contribution in [2.24, 2.45) is 0 Å². The van der Waals surface area contributed by atoms with Crippen molar-refractivity contribution in [2.75, 3.05) is 5.32 Å². The Bertz CT molecular complexity index is 1060. The van der Waals surface area contributed by atoms with Gasteiger partial charge in [-0.1, -0.05) is 42.5 Å². The number of aromatic hydroxyl groups is 1. The van der Waals surface area contributed by atoms with Crippen LogP contribution in [-0.4, -0.2) is 28.0 Å². The maximum absolute atomic E-state index is 12.7. The van der Waals surface area contributed by atoms with E-state index in [1.165, 1.54) is 6.07 Å². The molecule has 4 amide bonds. The second-order valence-electron chi connectivity index (χ2n) is 5.74. The second-order valence-corrected chi connectivity index (χ2v) is 5.74. The minimum Gasteiger partial charge on any atom is -0.507 e. The molecule has 0 saturated carbocycles. The third-order valence-corrected chi connectivity index (χ3v) is 4.12. The molecule has 0 aliphatic carbocycles. The third-order valence-electron chi connectivity index (χ3n) is 4.12. The standard InChI is InChI=1S/C19H13N3O4/c23-15-10-14-16(13-9-5-4-8-12(13)15)18(25)22(17(14)24)21-19(26)20-11-6-2-1-3-7-11/h1-10,23H,(H2,20,21,26). The van der Waals surface area contributed by atoms with Crippen LogP contribution in [0.2, 0.25) is 0 Å². The molecule has 0 atom stereocenters. The zero-order chi connectivity index (χ0) is 18.3. The Morgan fingerprint density at radius 1 is 0.885 bits per heavy atom. The number of hydrogen-bond acceptors (Lipinski definition) is 4. The van der Waals surface area contributed by atoms with Crippen LogP contribution in [0.25, 0.3) is 10.8 Å². The van der Waals surface area contributed by atoms with E-state index < -0.39 is 17.8 Å². The molecule has 0 saturated heterocycles. The van der Waals surface area contributed by atoms with Gasteiger partial charge in [0.1, 0.15) is 5.75 Å². The van der Waals surface area contributed by atoms with Gasteiger partial charge in [0.05, 0.1) is 11.1 Å². The van der Waals surface area contributed by atoms with Gasteiger partial charge in [0, 0.05) is 11.1 Å². The van der Waals surface area contributed by atoms with Crippen molar-refractivity contribution in [3.8, 4) is 5.75 Å². The molecule has 3 N–H and O–H groups in total. The first kappa shape index (κ1) is 15.6. The number of nitrogens with zero attached hydrogens (tertiary/aromatic N) is 1. The zero-order valence-corrected chi connectivity index (χ0v) is 13.4. The quantitative estimate of drug-likeness (QED) is 0.621. The fourth-order valence-electron chi connectivity index (χ4n) is 2.96. The number of fused-ring (bicyclic) bond motifs is 3. The first-order valence-corrected chi connectivity index (χ1v) is 7.82. The van der Waals surface area contributed by atoms with Gasteiger partial charge in [-0.15, -0.1) is 0 Å². The van der Waals surface area contributed by atoms with Crippen LogP contribution < -0.4 is 10.7 Å². The summed E-state index contributed by atoms with van der Waals surface area (Å²) >= 11 is 0. The van der Waals surface area contributed by atoms with Crippen molar-refractivity contribution >= 4 is 34.3 Å². The van der Waals surface area contributed by atoms with Gasteiger partial charge >= 0.3 is 6.03 Å². The lowest BCUT2D eigenvalue weighted by Crippen LogP contribution is -2.47. The van der Waals surface area contributed by atoms with Crippen molar-refractivity contribution in [3.63, 3.8) is 0 Å². The largest absolute Gasteiger partial charge is 0.507 e. The Morgan fingerprint density at radius 2 is 1.54 bits per heavy atom. The molecule has 0 unspecified atom stereocenters. The molecule has 3 aromatic carbocycles. The lowest BCUT2D eigenvalue weighted by Gasteiger charge is -2.15. The average Bonchev–Trinajstić information content (AvgIpc) is 2.87. The lowest BCUT2D eigenvalue weighted by molar-refractivity contribution is 0.0593. The fraction of sp³-hybridized carbons (Fsp3) is 0. The highest BCUT2D eigenvalue weighted by Gasteiger charge is 2.39. The van der Waals surface area contributed by atoms with Gasteiger partial charge in [0.2, 0.25) is 0 Å². The van der Waals surface area contributed by atoms with Crippen LogP contribution in [-0.2, 0) is 0 Å². The molecule has 7 heteroatoms. The van der Waals surface area contributed by atoms with Gasteiger partial charge in [0.25, 0.3) is 11.8 Å². The summed E-state index contributed by atoms with van der Waals surface area (Å²) in [5.41, 5.74) is 2.98.